The minimum absolute atomic E-state index is 0.0576. The number of rotatable bonds is 7. The highest BCUT2D eigenvalue weighted by Gasteiger charge is 2.08. The smallest absolute Gasteiger partial charge is 0.163 e. The van der Waals surface area contributed by atoms with E-state index in [1.807, 2.05) is 30.3 Å². The molecule has 0 aliphatic carbocycles. The average molecular weight is 285 g/mol. The summed E-state index contributed by atoms with van der Waals surface area (Å²) in [6, 6.07) is 14.7. The van der Waals surface area contributed by atoms with Gasteiger partial charge in [-0.3, -0.25) is 4.79 Å². The van der Waals surface area contributed by atoms with Crippen LogP contribution in [0.25, 0.3) is 0 Å². The van der Waals surface area contributed by atoms with Crippen LogP contribution >= 0.6 is 0 Å². The first-order valence-electron chi connectivity index (χ1n) is 6.88. The fraction of sp³-hybridized carbons (Fsp3) is 0.235. The topological polar surface area (TPSA) is 61.6 Å². The van der Waals surface area contributed by atoms with Crippen molar-refractivity contribution in [1.82, 2.24) is 0 Å². The summed E-state index contributed by atoms with van der Waals surface area (Å²) >= 11 is 0. The molecule has 0 aliphatic heterocycles. The molecule has 0 atom stereocenters. The molecule has 0 saturated heterocycles. The molecule has 2 rings (SSSR count). The summed E-state index contributed by atoms with van der Waals surface area (Å²) in [7, 11) is 0. The fourth-order valence-corrected chi connectivity index (χ4v) is 1.90. The maximum absolute atomic E-state index is 11.5. The second-order valence-corrected chi connectivity index (χ2v) is 4.68. The van der Waals surface area contributed by atoms with E-state index in [0.717, 1.165) is 12.2 Å². The normalized spacial score (nSPS) is 10.1. The van der Waals surface area contributed by atoms with Gasteiger partial charge in [0.25, 0.3) is 0 Å². The van der Waals surface area contributed by atoms with E-state index < -0.39 is 0 Å². The molecule has 21 heavy (non-hydrogen) atoms. The van der Waals surface area contributed by atoms with Crippen LogP contribution in [0.15, 0.2) is 48.5 Å². The van der Waals surface area contributed by atoms with Crippen molar-refractivity contribution in [2.45, 2.75) is 13.3 Å². The van der Waals surface area contributed by atoms with Crippen molar-refractivity contribution in [2.24, 2.45) is 0 Å². The van der Waals surface area contributed by atoms with Gasteiger partial charge in [-0.2, -0.15) is 0 Å². The first-order valence-corrected chi connectivity index (χ1v) is 6.88. The van der Waals surface area contributed by atoms with Crippen LogP contribution < -0.4 is 15.2 Å². The number of hydrogen-bond donors (Lipinski definition) is 1. The van der Waals surface area contributed by atoms with Crippen LogP contribution in [0.2, 0.25) is 0 Å². The van der Waals surface area contributed by atoms with E-state index in [2.05, 4.69) is 0 Å². The molecule has 2 N–H and O–H groups in total. The molecule has 110 valence electrons. The molecule has 0 saturated carbocycles. The highest BCUT2D eigenvalue weighted by Crippen LogP contribution is 2.22. The van der Waals surface area contributed by atoms with Gasteiger partial charge >= 0.3 is 0 Å². The lowest BCUT2D eigenvalue weighted by Gasteiger charge is -2.11. The Kier molecular flexibility index (Phi) is 5.21. The van der Waals surface area contributed by atoms with Crippen molar-refractivity contribution in [3.05, 3.63) is 54.1 Å². The third-order valence-corrected chi connectivity index (χ3v) is 2.94. The van der Waals surface area contributed by atoms with Crippen LogP contribution in [0.1, 0.15) is 23.7 Å². The Balaban J connectivity index is 1.80. The lowest BCUT2D eigenvalue weighted by atomic mass is 10.1. The lowest BCUT2D eigenvalue weighted by Crippen LogP contribution is -2.07. The second kappa shape index (κ2) is 7.33. The molecule has 4 nitrogen and oxygen atoms in total. The fourth-order valence-electron chi connectivity index (χ4n) is 1.90. The number of anilines is 1. The van der Waals surface area contributed by atoms with E-state index in [-0.39, 0.29) is 5.78 Å². The van der Waals surface area contributed by atoms with E-state index in [4.69, 9.17) is 15.2 Å². The van der Waals surface area contributed by atoms with Gasteiger partial charge in [-0.05, 0) is 37.3 Å². The molecule has 0 bridgehead atoms. The maximum Gasteiger partial charge on any atom is 0.163 e. The molecule has 0 aliphatic rings. The van der Waals surface area contributed by atoms with Gasteiger partial charge in [-0.25, -0.2) is 0 Å². The van der Waals surface area contributed by atoms with Gasteiger partial charge in [0.2, 0.25) is 0 Å². The van der Waals surface area contributed by atoms with Gasteiger partial charge in [-0.15, -0.1) is 0 Å². The van der Waals surface area contributed by atoms with Crippen LogP contribution in [-0.2, 0) is 0 Å². The summed E-state index contributed by atoms with van der Waals surface area (Å²) in [4.78, 5) is 11.5. The third-order valence-electron chi connectivity index (χ3n) is 2.94. The van der Waals surface area contributed by atoms with Crippen LogP contribution in [0.4, 0.5) is 5.69 Å². The summed E-state index contributed by atoms with van der Waals surface area (Å²) in [6.07, 6.45) is 0.733. The summed E-state index contributed by atoms with van der Waals surface area (Å²) in [6.45, 7) is 2.55. The Morgan fingerprint density at radius 2 is 1.76 bits per heavy atom. The second-order valence-electron chi connectivity index (χ2n) is 4.68. The van der Waals surface area contributed by atoms with Crippen LogP contribution in [0.3, 0.4) is 0 Å². The molecule has 2 aromatic rings. The Bertz CT molecular complexity index is 596. The van der Waals surface area contributed by atoms with Crippen LogP contribution in [0.5, 0.6) is 11.5 Å². The van der Waals surface area contributed by atoms with Crippen LogP contribution in [-0.4, -0.2) is 19.0 Å². The molecule has 0 spiro atoms. The first-order chi connectivity index (χ1) is 10.2. The minimum atomic E-state index is -0.0576. The number of ketones is 1. The average Bonchev–Trinajstić information content (AvgIpc) is 2.49. The molecular formula is C17H19NO3. The molecule has 2 aromatic carbocycles. The first kappa shape index (κ1) is 14.9. The Labute approximate surface area is 124 Å². The van der Waals surface area contributed by atoms with Crippen molar-refractivity contribution in [3.8, 4) is 11.5 Å². The van der Waals surface area contributed by atoms with Gasteiger partial charge in [-0.1, -0.05) is 18.2 Å². The lowest BCUT2D eigenvalue weighted by molar-refractivity contribution is 0.101. The Morgan fingerprint density at radius 3 is 2.48 bits per heavy atom. The number of Topliss-reactive ketones (excluding diaryl/α,β-unsaturated/α-hetero) is 1. The van der Waals surface area contributed by atoms with E-state index in [1.165, 1.54) is 6.92 Å². The predicted octanol–water partition coefficient (Wildman–Crippen LogP) is 3.32. The number of hydrogen-bond acceptors (Lipinski definition) is 4. The van der Waals surface area contributed by atoms with E-state index in [1.54, 1.807) is 18.2 Å². The van der Waals surface area contributed by atoms with Crippen molar-refractivity contribution in [2.75, 3.05) is 18.9 Å². The molecule has 0 heterocycles. The number of carbonyl (C=O) groups excluding carboxylic acids is 1. The predicted molar refractivity (Wildman–Crippen MR) is 82.9 cm³/mol. The number of benzene rings is 2. The molecule has 0 unspecified atom stereocenters. The number of ether oxygens (including phenoxy) is 2. The monoisotopic (exact) mass is 285 g/mol. The van der Waals surface area contributed by atoms with Crippen molar-refractivity contribution in [1.29, 1.82) is 0 Å². The maximum atomic E-state index is 11.5. The van der Waals surface area contributed by atoms with Crippen molar-refractivity contribution < 1.29 is 14.3 Å². The zero-order valence-corrected chi connectivity index (χ0v) is 12.0. The molecule has 0 aromatic heterocycles. The highest BCUT2D eigenvalue weighted by molar-refractivity contribution is 5.97. The van der Waals surface area contributed by atoms with Crippen molar-refractivity contribution >= 4 is 11.5 Å². The summed E-state index contributed by atoms with van der Waals surface area (Å²) < 4.78 is 11.2. The van der Waals surface area contributed by atoms with Gasteiger partial charge in [0.05, 0.1) is 18.8 Å². The van der Waals surface area contributed by atoms with Gasteiger partial charge in [0.15, 0.2) is 5.78 Å². The standard InChI is InChI=1S/C17H19NO3/c1-13(19)16-12-14(18)8-9-17(16)21-11-5-10-20-15-6-3-2-4-7-15/h2-4,6-9,12H,5,10-11,18H2,1H3. The van der Waals surface area contributed by atoms with Gasteiger partial charge in [0, 0.05) is 12.1 Å². The number of para-hydroxylation sites is 1. The molecule has 0 fully saturated rings. The van der Waals surface area contributed by atoms with Crippen LogP contribution in [0, 0.1) is 0 Å². The van der Waals surface area contributed by atoms with Gasteiger partial charge in [0.1, 0.15) is 11.5 Å². The highest BCUT2D eigenvalue weighted by atomic mass is 16.5. The van der Waals surface area contributed by atoms with E-state index in [9.17, 15) is 4.79 Å². The molecule has 0 amide bonds. The number of nitrogen functional groups attached to an aromatic ring is 1. The van der Waals surface area contributed by atoms with E-state index in [0.29, 0.717) is 30.2 Å². The SMILES string of the molecule is CC(=O)c1cc(N)ccc1OCCCOc1ccccc1. The number of carbonyl (C=O) groups is 1. The summed E-state index contributed by atoms with van der Waals surface area (Å²) in [5, 5.41) is 0. The Morgan fingerprint density at radius 1 is 1.05 bits per heavy atom. The largest absolute Gasteiger partial charge is 0.493 e. The molecular weight excluding hydrogens is 266 g/mol. The zero-order valence-electron chi connectivity index (χ0n) is 12.0. The molecule has 4 heteroatoms. The van der Waals surface area contributed by atoms with Gasteiger partial charge < -0.3 is 15.2 Å². The number of nitrogens with two attached hydrogens (primary N) is 1. The summed E-state index contributed by atoms with van der Waals surface area (Å²) in [5.74, 6) is 1.35. The minimum Gasteiger partial charge on any atom is -0.493 e. The molecule has 0 radical (unpaired) electrons. The summed E-state index contributed by atoms with van der Waals surface area (Å²) in [5.41, 5.74) is 6.75. The van der Waals surface area contributed by atoms with Crippen molar-refractivity contribution in [3.63, 3.8) is 0 Å². The zero-order chi connectivity index (χ0) is 15.1. The Hall–Kier alpha value is -2.49. The quantitative estimate of drug-likeness (QED) is 0.481. The van der Waals surface area contributed by atoms with E-state index >= 15 is 0 Å². The third kappa shape index (κ3) is 4.53.